The molecule has 0 aliphatic rings. The zero-order chi connectivity index (χ0) is 67.1. The molecule has 0 radical (unpaired) electrons. The molecule has 0 saturated carbocycles. The number of nitrogens with zero attached hydrogens (tertiary/aromatic N) is 2. The predicted octanol–water partition coefficient (Wildman–Crippen LogP) is -5.50. The highest BCUT2D eigenvalue weighted by atomic mass is 16.4. The Labute approximate surface area is 511 Å². The van der Waals surface area contributed by atoms with Gasteiger partial charge in [0.1, 0.15) is 60.1 Å². The van der Waals surface area contributed by atoms with Gasteiger partial charge in [-0.15, -0.1) is 0 Å². The first-order valence-corrected chi connectivity index (χ1v) is 28.9. The van der Waals surface area contributed by atoms with Crippen molar-refractivity contribution in [2.24, 2.45) is 67.9 Å². The Kier molecular flexibility index (Phi) is 34.2. The lowest BCUT2D eigenvalue weighted by Gasteiger charge is -2.29. The van der Waals surface area contributed by atoms with Crippen LogP contribution in [0.25, 0.3) is 0 Å². The van der Waals surface area contributed by atoms with Crippen LogP contribution in [-0.2, 0) is 64.0 Å². The van der Waals surface area contributed by atoms with Crippen molar-refractivity contribution in [1.29, 1.82) is 0 Å². The number of rotatable bonds is 41. The van der Waals surface area contributed by atoms with E-state index in [0.29, 0.717) is 5.56 Å². The van der Waals surface area contributed by atoms with E-state index in [4.69, 9.17) is 40.1 Å². The number of phenolic OH excluding ortho intramolecular Hbond substituents is 1. The van der Waals surface area contributed by atoms with E-state index < -0.39 is 144 Å². The number of phenols is 1. The number of aliphatic hydroxyl groups is 1. The van der Waals surface area contributed by atoms with Crippen LogP contribution in [0.5, 0.6) is 5.75 Å². The number of primary amides is 2. The molecule has 11 atom stereocenters. The van der Waals surface area contributed by atoms with Crippen LogP contribution in [0, 0.1) is 17.8 Å². The Morgan fingerprint density at radius 2 is 0.841 bits per heavy atom. The molecule has 33 nitrogen and oxygen atoms in total. The van der Waals surface area contributed by atoms with Crippen LogP contribution in [0.2, 0.25) is 0 Å². The highest BCUT2D eigenvalue weighted by Gasteiger charge is 2.37. The Hall–Kier alpha value is -8.88. The van der Waals surface area contributed by atoms with Crippen molar-refractivity contribution in [2.75, 3.05) is 13.1 Å². The van der Waals surface area contributed by atoms with Gasteiger partial charge < -0.3 is 103 Å². The van der Waals surface area contributed by atoms with Crippen LogP contribution < -0.4 is 88.0 Å². The smallest absolute Gasteiger partial charge is 0.326 e. The molecular formula is C55H94N18O15. The van der Waals surface area contributed by atoms with Crippen molar-refractivity contribution < 1.29 is 72.9 Å². The number of benzene rings is 1. The number of nitrogens with one attached hydrogen (secondary N) is 9. The molecule has 1 aromatic carbocycles. The van der Waals surface area contributed by atoms with Gasteiger partial charge in [0.2, 0.25) is 65.0 Å². The molecule has 88 heavy (non-hydrogen) atoms. The summed E-state index contributed by atoms with van der Waals surface area (Å²) in [5, 5.41) is 52.7. The van der Waals surface area contributed by atoms with Crippen molar-refractivity contribution >= 4 is 82.9 Å². The molecule has 0 saturated heterocycles. The Morgan fingerprint density at radius 3 is 1.26 bits per heavy atom. The molecule has 1 aromatic rings. The second-order valence-electron chi connectivity index (χ2n) is 22.7. The number of carbonyl (C=O) groups is 12. The van der Waals surface area contributed by atoms with Crippen LogP contribution in [0.3, 0.4) is 0 Å². The molecule has 0 aromatic heterocycles. The lowest BCUT2D eigenvalue weighted by Crippen LogP contribution is -2.62. The van der Waals surface area contributed by atoms with Crippen molar-refractivity contribution in [3.63, 3.8) is 0 Å². The number of amides is 11. The first kappa shape index (κ1) is 77.1. The maximum absolute atomic E-state index is 14.4. The van der Waals surface area contributed by atoms with E-state index in [1.54, 1.807) is 41.5 Å². The normalized spacial score (nSPS) is 14.9. The molecule has 0 heterocycles. The molecule has 33 heteroatoms. The van der Waals surface area contributed by atoms with E-state index in [1.807, 2.05) is 0 Å². The first-order valence-electron chi connectivity index (χ1n) is 28.9. The average Bonchev–Trinajstić information content (AvgIpc) is 3.44. The second-order valence-corrected chi connectivity index (χ2v) is 22.7. The van der Waals surface area contributed by atoms with Gasteiger partial charge in [0, 0.05) is 25.9 Å². The quantitative estimate of drug-likeness (QED) is 0.0165. The molecule has 11 amide bonds. The predicted molar refractivity (Wildman–Crippen MR) is 323 cm³/mol. The number of hydrogen-bond acceptors (Lipinski definition) is 17. The molecular weight excluding hydrogens is 1150 g/mol. The van der Waals surface area contributed by atoms with Crippen LogP contribution in [0.4, 0.5) is 0 Å². The molecule has 0 bridgehead atoms. The summed E-state index contributed by atoms with van der Waals surface area (Å²) in [5.74, 6) is -13.1. The fourth-order valence-corrected chi connectivity index (χ4v) is 8.52. The van der Waals surface area contributed by atoms with Gasteiger partial charge >= 0.3 is 5.97 Å². The molecule has 0 fully saturated rings. The number of carbonyl (C=O) groups excluding carboxylic acids is 11. The zero-order valence-electron chi connectivity index (χ0n) is 51.3. The number of hydrogen-bond donors (Lipinski definition) is 19. The highest BCUT2D eigenvalue weighted by Crippen LogP contribution is 2.15. The van der Waals surface area contributed by atoms with E-state index in [-0.39, 0.29) is 113 Å². The summed E-state index contributed by atoms with van der Waals surface area (Å²) in [5.41, 5.74) is 39.0. The summed E-state index contributed by atoms with van der Waals surface area (Å²) in [6, 6.07) is -9.05. The maximum atomic E-state index is 14.4. The minimum absolute atomic E-state index is 0.000979. The summed E-state index contributed by atoms with van der Waals surface area (Å²) in [6.45, 7) is 12.7. The van der Waals surface area contributed by atoms with Gasteiger partial charge in [-0.05, 0) is 101 Å². The highest BCUT2D eigenvalue weighted by molar-refractivity contribution is 5.99. The van der Waals surface area contributed by atoms with Gasteiger partial charge in [-0.3, -0.25) is 62.7 Å². The third kappa shape index (κ3) is 31.0. The monoisotopic (exact) mass is 1250 g/mol. The first-order chi connectivity index (χ1) is 41.0. The number of guanidine groups is 2. The van der Waals surface area contributed by atoms with Crippen molar-refractivity contribution in [3.05, 3.63) is 29.8 Å². The van der Waals surface area contributed by atoms with E-state index in [2.05, 4.69) is 57.8 Å². The molecule has 494 valence electrons. The summed E-state index contributed by atoms with van der Waals surface area (Å²) < 4.78 is 0. The third-order valence-corrected chi connectivity index (χ3v) is 13.1. The minimum atomic E-state index is -1.84. The van der Waals surface area contributed by atoms with E-state index in [9.17, 15) is 72.9 Å². The van der Waals surface area contributed by atoms with Crippen molar-refractivity contribution in [3.8, 4) is 5.75 Å². The minimum Gasteiger partial charge on any atom is -0.508 e. The summed E-state index contributed by atoms with van der Waals surface area (Å²) >= 11 is 0. The van der Waals surface area contributed by atoms with Gasteiger partial charge in [0.15, 0.2) is 11.9 Å². The van der Waals surface area contributed by atoms with E-state index in [0.717, 1.165) is 13.8 Å². The van der Waals surface area contributed by atoms with Crippen molar-refractivity contribution in [1.82, 2.24) is 47.9 Å². The van der Waals surface area contributed by atoms with Crippen LogP contribution >= 0.6 is 0 Å². The van der Waals surface area contributed by atoms with Gasteiger partial charge in [-0.2, -0.15) is 0 Å². The maximum Gasteiger partial charge on any atom is 0.326 e. The third-order valence-electron chi connectivity index (χ3n) is 13.1. The van der Waals surface area contributed by atoms with E-state index >= 15 is 0 Å². The zero-order valence-corrected chi connectivity index (χ0v) is 51.3. The average molecular weight is 1250 g/mol. The Morgan fingerprint density at radius 1 is 0.455 bits per heavy atom. The largest absolute Gasteiger partial charge is 0.508 e. The number of aliphatic carboxylic acids is 1. The SMILES string of the molecule is CC(C)C[C@H](NC(=O)[C@H](CCCN=C(N)N)NC(=O)[C@H](CC(N)=O)NC(=O)[C@H](C)NC(=O)[C@@H](NC(=O)[C@H](CCCN=C(N)N)NC(=O)[C@H](CC(C)C)NC(=O)[C@H](CC(C)C)NC(=O)[C@H](Cc1ccc(O)cc1)NC(=O)[C@@H](N)CCC(N)=O)[C@@H](C)O)C(=O)O. The lowest BCUT2D eigenvalue weighted by molar-refractivity contribution is -0.143. The summed E-state index contributed by atoms with van der Waals surface area (Å²) in [7, 11) is 0. The number of nitrogens with two attached hydrogens (primary N) is 7. The van der Waals surface area contributed by atoms with Gasteiger partial charge in [0.05, 0.1) is 18.6 Å². The number of carboxylic acids is 1. The van der Waals surface area contributed by atoms with Crippen LogP contribution in [0.15, 0.2) is 34.3 Å². The Bertz CT molecular complexity index is 2590. The van der Waals surface area contributed by atoms with E-state index in [1.165, 1.54) is 24.3 Å². The molecule has 0 unspecified atom stereocenters. The number of aromatic hydroxyl groups is 1. The Balaban J connectivity index is 3.52. The van der Waals surface area contributed by atoms with Gasteiger partial charge in [-0.1, -0.05) is 53.7 Å². The van der Waals surface area contributed by atoms with Crippen LogP contribution in [-0.4, -0.2) is 178 Å². The van der Waals surface area contributed by atoms with Crippen LogP contribution in [0.1, 0.15) is 125 Å². The lowest BCUT2D eigenvalue weighted by atomic mass is 9.98. The topological polar surface area (TPSA) is 581 Å². The summed E-state index contributed by atoms with van der Waals surface area (Å²) in [4.78, 5) is 168. The van der Waals surface area contributed by atoms with Gasteiger partial charge in [-0.25, -0.2) is 4.79 Å². The van der Waals surface area contributed by atoms with Gasteiger partial charge in [0.25, 0.3) is 0 Å². The molecule has 26 N–H and O–H groups in total. The fourth-order valence-electron chi connectivity index (χ4n) is 8.52. The number of carboxylic acid groups (broad SMARTS) is 1. The molecule has 0 aliphatic carbocycles. The summed E-state index contributed by atoms with van der Waals surface area (Å²) in [6.07, 6.45) is -3.17. The molecule has 0 spiro atoms. The molecule has 0 aliphatic heterocycles. The van der Waals surface area contributed by atoms with Crippen molar-refractivity contribution in [2.45, 2.75) is 193 Å². The number of aliphatic hydroxyl groups excluding tert-OH is 1. The molecule has 1 rings (SSSR count). The second kappa shape index (κ2) is 39.0. The standard InChI is InChI=1S/C55H94N18O15/c1-26(2)21-36(70-49(83)37(22-27(3)4)71-50(84)38(24-31-13-15-32(75)16-14-31)69-45(79)33(56)17-18-41(57)76)48(82)67-35(12-10-20-64-55(61)62)47(81)73-43(30(8)74)52(86)65-29(7)44(78)68-39(25-42(58)77)51(85)66-34(11-9-19-63-54(59)60)46(80)72-40(53(87)88)23-28(5)6/h13-16,26-30,33-40,43,74-75H,9-12,17-25,56H2,1-8H3,(H2,57,76)(H2,58,77)(H,65,86)(H,66,85)(H,67,82)(H,68,78)(H,69,79)(H,70,83)(H,71,84)(H,72,80)(H,73,81)(H,87,88)(H4,59,60,63)(H4,61,62,64)/t29-,30+,33-,34-,35-,36-,37-,38-,39-,40-,43-/m0/s1. The number of aliphatic imine (C=N–C) groups is 2. The fraction of sp³-hybridized carbons (Fsp3) is 0.636.